The van der Waals surface area contributed by atoms with E-state index in [0.717, 1.165) is 31.8 Å². The summed E-state index contributed by atoms with van der Waals surface area (Å²) in [7, 11) is 3.22. The Labute approximate surface area is 125 Å². The fourth-order valence-corrected chi connectivity index (χ4v) is 2.68. The van der Waals surface area contributed by atoms with Crippen molar-refractivity contribution in [3.05, 3.63) is 6.07 Å². The van der Waals surface area contributed by atoms with E-state index in [-0.39, 0.29) is 0 Å². The second-order valence-corrected chi connectivity index (χ2v) is 5.87. The Kier molecular flexibility index (Phi) is 4.43. The molecule has 6 nitrogen and oxygen atoms in total. The lowest BCUT2D eigenvalue weighted by Crippen LogP contribution is -2.43. The molecular weight excluding hydrogens is 268 g/mol. The predicted molar refractivity (Wildman–Crippen MR) is 81.1 cm³/mol. The van der Waals surface area contributed by atoms with Crippen molar-refractivity contribution in [2.75, 3.05) is 38.8 Å². The maximum absolute atomic E-state index is 5.21. The summed E-state index contributed by atoms with van der Waals surface area (Å²) in [5.41, 5.74) is 0. The first-order valence-corrected chi connectivity index (χ1v) is 7.74. The number of rotatable bonds is 6. The van der Waals surface area contributed by atoms with Crippen LogP contribution in [0.15, 0.2) is 6.07 Å². The first-order chi connectivity index (χ1) is 10.3. The highest BCUT2D eigenvalue weighted by atomic mass is 16.5. The van der Waals surface area contributed by atoms with Gasteiger partial charge in [-0.1, -0.05) is 0 Å². The molecule has 1 saturated heterocycles. The molecule has 0 amide bonds. The molecule has 116 valence electrons. The van der Waals surface area contributed by atoms with Gasteiger partial charge in [0.15, 0.2) is 0 Å². The van der Waals surface area contributed by atoms with E-state index in [1.165, 1.54) is 19.4 Å². The van der Waals surface area contributed by atoms with Crippen LogP contribution in [0.3, 0.4) is 0 Å². The van der Waals surface area contributed by atoms with Gasteiger partial charge in [0.1, 0.15) is 0 Å². The molecule has 21 heavy (non-hydrogen) atoms. The molecule has 1 aromatic rings. The summed E-state index contributed by atoms with van der Waals surface area (Å²) >= 11 is 0. The number of hydrogen-bond donors (Lipinski definition) is 1. The van der Waals surface area contributed by atoms with E-state index in [2.05, 4.69) is 20.2 Å². The molecule has 0 spiro atoms. The summed E-state index contributed by atoms with van der Waals surface area (Å²) in [5, 5.41) is 3.68. The van der Waals surface area contributed by atoms with E-state index in [1.807, 2.05) is 0 Å². The third-order valence-corrected chi connectivity index (χ3v) is 4.26. The Morgan fingerprint density at radius 1 is 1.10 bits per heavy atom. The lowest BCUT2D eigenvalue weighted by atomic mass is 10.1. The van der Waals surface area contributed by atoms with Crippen molar-refractivity contribution in [3.8, 4) is 11.8 Å². The van der Waals surface area contributed by atoms with Crippen molar-refractivity contribution in [2.45, 2.75) is 31.7 Å². The van der Waals surface area contributed by atoms with Gasteiger partial charge in [-0.2, -0.15) is 9.97 Å². The molecule has 1 aliphatic carbocycles. The van der Waals surface area contributed by atoms with Gasteiger partial charge in [-0.15, -0.1) is 0 Å². The predicted octanol–water partition coefficient (Wildman–Crippen LogP) is 1.46. The minimum atomic E-state index is 0.547. The maximum atomic E-state index is 5.21. The van der Waals surface area contributed by atoms with Crippen LogP contribution in [0, 0.1) is 5.92 Å². The zero-order chi connectivity index (χ0) is 14.7. The quantitative estimate of drug-likeness (QED) is 0.856. The first-order valence-electron chi connectivity index (χ1n) is 7.74. The molecule has 0 bridgehead atoms. The Bertz CT molecular complexity index is 448. The molecule has 1 N–H and O–H groups in total. The standard InChI is InChI=1S/C15H24N4O2/c1-20-13-9-14(21-2)18-15(17-13)19-7-5-12(6-8-19)16-10-11-3-4-11/h9,11-12,16H,3-8,10H2,1-2H3. The summed E-state index contributed by atoms with van der Waals surface area (Å²) in [6, 6.07) is 2.34. The highest BCUT2D eigenvalue weighted by Gasteiger charge is 2.25. The fourth-order valence-electron chi connectivity index (χ4n) is 2.68. The second kappa shape index (κ2) is 6.47. The van der Waals surface area contributed by atoms with Crippen molar-refractivity contribution in [1.82, 2.24) is 15.3 Å². The van der Waals surface area contributed by atoms with Gasteiger partial charge >= 0.3 is 0 Å². The maximum Gasteiger partial charge on any atom is 0.231 e. The number of nitrogens with zero attached hydrogens (tertiary/aromatic N) is 3. The Morgan fingerprint density at radius 2 is 1.71 bits per heavy atom. The van der Waals surface area contributed by atoms with Gasteiger partial charge in [0.2, 0.25) is 17.7 Å². The largest absolute Gasteiger partial charge is 0.481 e. The minimum absolute atomic E-state index is 0.547. The molecule has 1 aromatic heterocycles. The highest BCUT2D eigenvalue weighted by molar-refractivity contribution is 5.37. The van der Waals surface area contributed by atoms with E-state index in [1.54, 1.807) is 20.3 Å². The van der Waals surface area contributed by atoms with Crippen LogP contribution in [-0.2, 0) is 0 Å². The molecule has 6 heteroatoms. The van der Waals surface area contributed by atoms with Crippen molar-refractivity contribution >= 4 is 5.95 Å². The summed E-state index contributed by atoms with van der Waals surface area (Å²) in [4.78, 5) is 11.1. The number of ether oxygens (including phenoxy) is 2. The molecule has 0 atom stereocenters. The molecule has 1 aliphatic heterocycles. The lowest BCUT2D eigenvalue weighted by Gasteiger charge is -2.32. The average molecular weight is 292 g/mol. The van der Waals surface area contributed by atoms with Gasteiger partial charge in [0.25, 0.3) is 0 Å². The van der Waals surface area contributed by atoms with Crippen molar-refractivity contribution < 1.29 is 9.47 Å². The molecule has 2 heterocycles. The second-order valence-electron chi connectivity index (χ2n) is 5.87. The Balaban J connectivity index is 1.57. The van der Waals surface area contributed by atoms with Gasteiger partial charge in [-0.25, -0.2) is 0 Å². The summed E-state index contributed by atoms with van der Waals surface area (Å²) in [6.45, 7) is 3.13. The van der Waals surface area contributed by atoms with Gasteiger partial charge < -0.3 is 19.7 Å². The molecule has 3 rings (SSSR count). The normalized spacial score (nSPS) is 19.6. The first kappa shape index (κ1) is 14.4. The summed E-state index contributed by atoms with van der Waals surface area (Å²) in [6.07, 6.45) is 5.08. The van der Waals surface area contributed by atoms with Gasteiger partial charge in [0.05, 0.1) is 20.3 Å². The van der Waals surface area contributed by atoms with Crippen LogP contribution in [0.2, 0.25) is 0 Å². The number of aromatic nitrogens is 2. The topological polar surface area (TPSA) is 59.5 Å². The monoisotopic (exact) mass is 292 g/mol. The Hall–Kier alpha value is -1.56. The van der Waals surface area contributed by atoms with E-state index >= 15 is 0 Å². The van der Waals surface area contributed by atoms with Gasteiger partial charge in [0, 0.05) is 19.1 Å². The van der Waals surface area contributed by atoms with E-state index in [0.29, 0.717) is 23.8 Å². The highest BCUT2D eigenvalue weighted by Crippen LogP contribution is 2.28. The molecule has 0 unspecified atom stereocenters. The van der Waals surface area contributed by atoms with Crippen LogP contribution in [-0.4, -0.2) is 49.9 Å². The van der Waals surface area contributed by atoms with Crippen LogP contribution in [0.1, 0.15) is 25.7 Å². The minimum Gasteiger partial charge on any atom is -0.481 e. The number of methoxy groups -OCH3 is 2. The van der Waals surface area contributed by atoms with Crippen molar-refractivity contribution in [2.24, 2.45) is 5.92 Å². The zero-order valence-corrected chi connectivity index (χ0v) is 12.8. The third-order valence-electron chi connectivity index (χ3n) is 4.26. The number of piperidine rings is 1. The van der Waals surface area contributed by atoms with E-state index < -0.39 is 0 Å². The molecule has 2 aliphatic rings. The third kappa shape index (κ3) is 3.75. The summed E-state index contributed by atoms with van der Waals surface area (Å²) in [5.74, 6) is 2.73. The summed E-state index contributed by atoms with van der Waals surface area (Å²) < 4.78 is 10.4. The van der Waals surface area contributed by atoms with Gasteiger partial charge in [-0.05, 0) is 38.1 Å². The number of nitrogens with one attached hydrogen (secondary N) is 1. The van der Waals surface area contributed by atoms with E-state index in [9.17, 15) is 0 Å². The number of anilines is 1. The van der Waals surface area contributed by atoms with Crippen LogP contribution in [0.5, 0.6) is 11.8 Å². The Morgan fingerprint density at radius 3 is 2.24 bits per heavy atom. The smallest absolute Gasteiger partial charge is 0.231 e. The SMILES string of the molecule is COc1cc(OC)nc(N2CCC(NCC3CC3)CC2)n1. The molecule has 2 fully saturated rings. The van der Waals surface area contributed by atoms with Crippen LogP contribution < -0.4 is 19.7 Å². The average Bonchev–Trinajstić information content (AvgIpc) is 3.37. The zero-order valence-electron chi connectivity index (χ0n) is 12.8. The van der Waals surface area contributed by atoms with Crippen molar-refractivity contribution in [1.29, 1.82) is 0 Å². The molecule has 0 aromatic carbocycles. The molecular formula is C15H24N4O2. The van der Waals surface area contributed by atoms with Crippen LogP contribution in [0.25, 0.3) is 0 Å². The number of hydrogen-bond acceptors (Lipinski definition) is 6. The molecule has 0 radical (unpaired) electrons. The van der Waals surface area contributed by atoms with Crippen LogP contribution in [0.4, 0.5) is 5.95 Å². The fraction of sp³-hybridized carbons (Fsp3) is 0.733. The van der Waals surface area contributed by atoms with Gasteiger partial charge in [-0.3, -0.25) is 0 Å². The molecule has 1 saturated carbocycles. The van der Waals surface area contributed by atoms with E-state index in [4.69, 9.17) is 9.47 Å². The lowest BCUT2D eigenvalue weighted by molar-refractivity contribution is 0.367. The van der Waals surface area contributed by atoms with Crippen molar-refractivity contribution in [3.63, 3.8) is 0 Å². The van der Waals surface area contributed by atoms with Crippen LogP contribution >= 0.6 is 0 Å².